The Balaban J connectivity index is 1.93. The molecule has 90 valence electrons. The molecule has 4 heteroatoms. The van der Waals surface area contributed by atoms with Crippen LogP contribution in [-0.2, 0) is 15.5 Å². The van der Waals surface area contributed by atoms with E-state index in [2.05, 4.69) is 12.2 Å². The van der Waals surface area contributed by atoms with E-state index in [0.717, 1.165) is 50.5 Å². The molecule has 0 spiro atoms. The van der Waals surface area contributed by atoms with Crippen molar-refractivity contribution in [3.63, 3.8) is 0 Å². The van der Waals surface area contributed by atoms with Gasteiger partial charge in [0.2, 0.25) is 0 Å². The van der Waals surface area contributed by atoms with Gasteiger partial charge < -0.3 is 10.1 Å². The van der Waals surface area contributed by atoms with Gasteiger partial charge in [-0.3, -0.25) is 4.21 Å². The van der Waals surface area contributed by atoms with E-state index < -0.39 is 10.8 Å². The molecular weight excluding hydrogens is 210 g/mol. The molecule has 1 aliphatic heterocycles. The van der Waals surface area contributed by atoms with Gasteiger partial charge in [0.1, 0.15) is 0 Å². The van der Waals surface area contributed by atoms with Crippen LogP contribution in [0.5, 0.6) is 0 Å². The van der Waals surface area contributed by atoms with Crippen molar-refractivity contribution in [2.24, 2.45) is 0 Å². The van der Waals surface area contributed by atoms with Crippen LogP contribution in [0.3, 0.4) is 0 Å². The summed E-state index contributed by atoms with van der Waals surface area (Å²) in [6.07, 6.45) is 4.69. The van der Waals surface area contributed by atoms with E-state index in [1.54, 1.807) is 0 Å². The average molecular weight is 233 g/mol. The van der Waals surface area contributed by atoms with Crippen LogP contribution in [-0.4, -0.2) is 41.5 Å². The highest BCUT2D eigenvalue weighted by Crippen LogP contribution is 2.12. The van der Waals surface area contributed by atoms with Crippen LogP contribution in [0.1, 0.15) is 32.6 Å². The smallest absolute Gasteiger partial charge is 0.0691 e. The minimum atomic E-state index is -0.680. The molecule has 1 saturated heterocycles. The van der Waals surface area contributed by atoms with Gasteiger partial charge in [-0.15, -0.1) is 0 Å². The molecule has 1 fully saturated rings. The highest BCUT2D eigenvalue weighted by Gasteiger charge is 2.17. The summed E-state index contributed by atoms with van der Waals surface area (Å²) in [5.74, 6) is 1.56. The first-order valence-electron chi connectivity index (χ1n) is 6.00. The summed E-state index contributed by atoms with van der Waals surface area (Å²) in [7, 11) is -0.680. The van der Waals surface area contributed by atoms with Crippen molar-refractivity contribution < 1.29 is 8.95 Å². The van der Waals surface area contributed by atoms with Crippen LogP contribution in [0, 0.1) is 0 Å². The molecule has 0 saturated carbocycles. The number of ether oxygens (including phenoxy) is 1. The summed E-state index contributed by atoms with van der Waals surface area (Å²) >= 11 is 0. The first-order chi connectivity index (χ1) is 7.33. The highest BCUT2D eigenvalue weighted by atomic mass is 32.2. The molecule has 0 bridgehead atoms. The summed E-state index contributed by atoms with van der Waals surface area (Å²) in [6, 6.07) is 0. The molecule has 1 aliphatic rings. The maximum absolute atomic E-state index is 11.6. The molecule has 1 heterocycles. The SMILES string of the molecule is CCCNCCCS(=O)CC1CCCO1. The molecule has 2 unspecified atom stereocenters. The Bertz CT molecular complexity index is 181. The van der Waals surface area contributed by atoms with Gasteiger partial charge in [-0.25, -0.2) is 0 Å². The second-order valence-electron chi connectivity index (χ2n) is 4.05. The standard InChI is InChI=1S/C11H23NO2S/c1-2-6-12-7-4-9-15(13)10-11-5-3-8-14-11/h11-12H,2-10H2,1H3. The third-order valence-corrected chi connectivity index (χ3v) is 4.04. The van der Waals surface area contributed by atoms with Gasteiger partial charge in [-0.1, -0.05) is 6.92 Å². The fourth-order valence-electron chi connectivity index (χ4n) is 1.73. The monoisotopic (exact) mass is 233 g/mol. The lowest BCUT2D eigenvalue weighted by Gasteiger charge is -2.08. The molecule has 1 rings (SSSR count). The van der Waals surface area contributed by atoms with Crippen LogP contribution >= 0.6 is 0 Å². The fraction of sp³-hybridized carbons (Fsp3) is 1.00. The quantitative estimate of drug-likeness (QED) is 0.642. The summed E-state index contributed by atoms with van der Waals surface area (Å²) in [6.45, 7) is 5.08. The van der Waals surface area contributed by atoms with Crippen LogP contribution in [0.2, 0.25) is 0 Å². The number of hydrogen-bond acceptors (Lipinski definition) is 3. The number of nitrogens with one attached hydrogen (secondary N) is 1. The van der Waals surface area contributed by atoms with E-state index in [1.807, 2.05) is 0 Å². The molecule has 0 aliphatic carbocycles. The first kappa shape index (κ1) is 13.1. The fourth-order valence-corrected chi connectivity index (χ4v) is 3.04. The van der Waals surface area contributed by atoms with Crippen molar-refractivity contribution in [1.29, 1.82) is 0 Å². The maximum Gasteiger partial charge on any atom is 0.0691 e. The molecule has 0 amide bonds. The molecular formula is C11H23NO2S. The van der Waals surface area contributed by atoms with Crippen molar-refractivity contribution in [1.82, 2.24) is 5.32 Å². The largest absolute Gasteiger partial charge is 0.377 e. The molecule has 3 nitrogen and oxygen atoms in total. The lowest BCUT2D eigenvalue weighted by atomic mass is 10.3. The third-order valence-electron chi connectivity index (χ3n) is 2.55. The Morgan fingerprint density at radius 1 is 1.47 bits per heavy atom. The van der Waals surface area contributed by atoms with Crippen molar-refractivity contribution in [2.45, 2.75) is 38.7 Å². The zero-order chi connectivity index (χ0) is 10.9. The van der Waals surface area contributed by atoms with Crippen molar-refractivity contribution in [3.05, 3.63) is 0 Å². The minimum Gasteiger partial charge on any atom is -0.377 e. The zero-order valence-corrected chi connectivity index (χ0v) is 10.5. The van der Waals surface area contributed by atoms with E-state index in [-0.39, 0.29) is 6.10 Å². The third kappa shape index (κ3) is 6.28. The predicted octanol–water partition coefficient (Wildman–Crippen LogP) is 1.30. The van der Waals surface area contributed by atoms with Gasteiger partial charge in [0.05, 0.1) is 6.10 Å². The molecule has 0 radical (unpaired) electrons. The van der Waals surface area contributed by atoms with Crippen LogP contribution < -0.4 is 5.32 Å². The second kappa shape index (κ2) is 8.25. The van der Waals surface area contributed by atoms with E-state index in [9.17, 15) is 4.21 Å². The molecule has 0 aromatic heterocycles. The maximum atomic E-state index is 11.6. The zero-order valence-electron chi connectivity index (χ0n) is 9.67. The molecule has 0 aromatic rings. The Morgan fingerprint density at radius 3 is 3.00 bits per heavy atom. The van der Waals surface area contributed by atoms with E-state index >= 15 is 0 Å². The summed E-state index contributed by atoms with van der Waals surface area (Å²) in [5, 5.41) is 3.32. The average Bonchev–Trinajstić information content (AvgIpc) is 2.70. The summed E-state index contributed by atoms with van der Waals surface area (Å²) in [5.41, 5.74) is 0. The Hall–Kier alpha value is 0.0700. The van der Waals surface area contributed by atoms with Gasteiger partial charge >= 0.3 is 0 Å². The van der Waals surface area contributed by atoms with Crippen molar-refractivity contribution in [2.75, 3.05) is 31.2 Å². The lowest BCUT2D eigenvalue weighted by molar-refractivity contribution is 0.128. The summed E-state index contributed by atoms with van der Waals surface area (Å²) < 4.78 is 17.1. The normalized spacial score (nSPS) is 23.1. The highest BCUT2D eigenvalue weighted by molar-refractivity contribution is 7.85. The van der Waals surface area contributed by atoms with Crippen LogP contribution in [0.4, 0.5) is 0 Å². The van der Waals surface area contributed by atoms with Gasteiger partial charge in [-0.2, -0.15) is 0 Å². The second-order valence-corrected chi connectivity index (χ2v) is 5.67. The molecule has 15 heavy (non-hydrogen) atoms. The van der Waals surface area contributed by atoms with E-state index in [0.29, 0.717) is 0 Å². The Labute approximate surface area is 95.4 Å². The van der Waals surface area contributed by atoms with Crippen LogP contribution in [0.25, 0.3) is 0 Å². The van der Waals surface area contributed by atoms with Crippen molar-refractivity contribution in [3.8, 4) is 0 Å². The lowest BCUT2D eigenvalue weighted by Crippen LogP contribution is -2.21. The Morgan fingerprint density at radius 2 is 2.33 bits per heavy atom. The molecule has 0 aromatic carbocycles. The van der Waals surface area contributed by atoms with E-state index in [4.69, 9.17) is 4.74 Å². The molecule has 1 N–H and O–H groups in total. The van der Waals surface area contributed by atoms with Gasteiger partial charge in [0, 0.05) is 28.9 Å². The van der Waals surface area contributed by atoms with Gasteiger partial charge in [-0.05, 0) is 38.8 Å². The topological polar surface area (TPSA) is 38.3 Å². The summed E-state index contributed by atoms with van der Waals surface area (Å²) in [4.78, 5) is 0. The first-order valence-corrected chi connectivity index (χ1v) is 7.49. The predicted molar refractivity (Wildman–Crippen MR) is 64.6 cm³/mol. The van der Waals surface area contributed by atoms with Crippen LogP contribution in [0.15, 0.2) is 0 Å². The minimum absolute atomic E-state index is 0.273. The van der Waals surface area contributed by atoms with Gasteiger partial charge in [0.25, 0.3) is 0 Å². The van der Waals surface area contributed by atoms with Gasteiger partial charge in [0.15, 0.2) is 0 Å². The van der Waals surface area contributed by atoms with E-state index in [1.165, 1.54) is 6.42 Å². The molecule has 2 atom stereocenters. The van der Waals surface area contributed by atoms with Crippen molar-refractivity contribution >= 4 is 10.8 Å². The number of rotatable bonds is 8. The number of hydrogen-bond donors (Lipinski definition) is 1. The Kier molecular flexibility index (Phi) is 7.22.